The molecule has 0 spiro atoms. The molecule has 0 bridgehead atoms. The molecule has 4 N–H and O–H groups in total. The maximum absolute atomic E-state index is 11.2. The van der Waals surface area contributed by atoms with E-state index >= 15 is 0 Å². The van der Waals surface area contributed by atoms with Gasteiger partial charge in [-0.05, 0) is 6.07 Å². The summed E-state index contributed by atoms with van der Waals surface area (Å²) < 4.78 is 1.66. The molecule has 1 heterocycles. The molecule has 2 unspecified atom stereocenters. The van der Waals surface area contributed by atoms with Crippen LogP contribution in [0.4, 0.5) is 0 Å². The van der Waals surface area contributed by atoms with Crippen LogP contribution in [0.25, 0.3) is 10.9 Å². The second-order valence-electron chi connectivity index (χ2n) is 4.61. The molecule has 0 aliphatic heterocycles. The molecule has 1 aromatic heterocycles. The van der Waals surface area contributed by atoms with Gasteiger partial charge in [-0.15, -0.1) is 6.58 Å². The van der Waals surface area contributed by atoms with Gasteiger partial charge in [-0.25, -0.2) is 4.79 Å². The molecule has 5 nitrogen and oxygen atoms in total. The Labute approximate surface area is 120 Å². The zero-order chi connectivity index (χ0) is 14.9. The largest absolute Gasteiger partial charge is 0.480 e. The van der Waals surface area contributed by atoms with Crippen LogP contribution in [0.2, 0.25) is 0 Å². The Morgan fingerprint density at radius 2 is 2.20 bits per heavy atom. The van der Waals surface area contributed by atoms with E-state index in [2.05, 4.69) is 6.58 Å². The van der Waals surface area contributed by atoms with Gasteiger partial charge in [0.25, 0.3) is 0 Å². The van der Waals surface area contributed by atoms with Crippen LogP contribution in [-0.4, -0.2) is 26.3 Å². The SMILES string of the molecule is C=CC(N)(Cn1cc(C(O)Cl)c2ccccc21)C(=O)O. The maximum atomic E-state index is 11.2. The molecular formula is C14H15ClN2O3. The predicted octanol–water partition coefficient (Wildman–Crippen LogP) is 1.84. The molecule has 0 saturated heterocycles. The van der Waals surface area contributed by atoms with E-state index in [1.165, 1.54) is 6.08 Å². The lowest BCUT2D eigenvalue weighted by Gasteiger charge is -2.21. The number of halogens is 1. The molecule has 1 aromatic carbocycles. The number of para-hydroxylation sites is 1. The standard InChI is InChI=1S/C14H15ClN2O3/c1-2-14(16,13(19)20)8-17-7-10(12(15)18)9-5-3-4-6-11(9)17/h2-7,12,18H,1,8,16H2,(H,19,20). The number of aliphatic carboxylic acids is 1. The quantitative estimate of drug-likeness (QED) is 0.580. The molecule has 2 aromatic rings. The van der Waals surface area contributed by atoms with Gasteiger partial charge in [0.1, 0.15) is 0 Å². The number of carboxylic acid groups (broad SMARTS) is 1. The summed E-state index contributed by atoms with van der Waals surface area (Å²) in [5.41, 5.74) is 4.33. The van der Waals surface area contributed by atoms with Crippen molar-refractivity contribution >= 4 is 28.5 Å². The minimum Gasteiger partial charge on any atom is -0.480 e. The lowest BCUT2D eigenvalue weighted by molar-refractivity contribution is -0.141. The number of fused-ring (bicyclic) bond motifs is 1. The lowest BCUT2D eigenvalue weighted by Crippen LogP contribution is -2.49. The number of carboxylic acids is 1. The van der Waals surface area contributed by atoms with Crippen LogP contribution >= 0.6 is 11.6 Å². The Morgan fingerprint density at radius 1 is 1.55 bits per heavy atom. The molecule has 2 atom stereocenters. The number of nitrogens with two attached hydrogens (primary N) is 1. The number of hydrogen-bond donors (Lipinski definition) is 3. The normalized spacial score (nSPS) is 15.8. The first-order chi connectivity index (χ1) is 9.39. The maximum Gasteiger partial charge on any atom is 0.329 e. The number of rotatable bonds is 5. The third kappa shape index (κ3) is 2.43. The topological polar surface area (TPSA) is 88.5 Å². The molecule has 2 rings (SSSR count). The summed E-state index contributed by atoms with van der Waals surface area (Å²) in [6, 6.07) is 7.25. The average molecular weight is 295 g/mol. The van der Waals surface area contributed by atoms with Crippen molar-refractivity contribution in [2.45, 2.75) is 17.6 Å². The van der Waals surface area contributed by atoms with Crippen LogP contribution in [0.5, 0.6) is 0 Å². The number of nitrogens with zero attached hydrogens (tertiary/aromatic N) is 1. The van der Waals surface area contributed by atoms with E-state index < -0.39 is 17.1 Å². The highest BCUT2D eigenvalue weighted by molar-refractivity contribution is 6.20. The Bertz CT molecular complexity index is 665. The predicted molar refractivity (Wildman–Crippen MR) is 77.5 cm³/mol. The highest BCUT2D eigenvalue weighted by Gasteiger charge is 2.31. The number of aromatic nitrogens is 1. The minimum absolute atomic E-state index is 0.00401. The second-order valence-corrected chi connectivity index (χ2v) is 5.03. The van der Waals surface area contributed by atoms with Gasteiger partial charge in [-0.1, -0.05) is 35.9 Å². The van der Waals surface area contributed by atoms with Gasteiger partial charge in [-0.2, -0.15) is 0 Å². The zero-order valence-electron chi connectivity index (χ0n) is 10.7. The number of aliphatic hydroxyl groups is 1. The van der Waals surface area contributed by atoms with Crippen LogP contribution in [0.3, 0.4) is 0 Å². The number of benzene rings is 1. The highest BCUT2D eigenvalue weighted by Crippen LogP contribution is 2.29. The zero-order valence-corrected chi connectivity index (χ0v) is 11.4. The summed E-state index contributed by atoms with van der Waals surface area (Å²) in [6.45, 7) is 3.47. The van der Waals surface area contributed by atoms with Gasteiger partial charge in [0, 0.05) is 22.7 Å². The van der Waals surface area contributed by atoms with Crippen molar-refractivity contribution in [1.29, 1.82) is 0 Å². The Hall–Kier alpha value is -1.82. The summed E-state index contributed by atoms with van der Waals surface area (Å²) >= 11 is 5.74. The van der Waals surface area contributed by atoms with Crippen LogP contribution < -0.4 is 5.73 Å². The van der Waals surface area contributed by atoms with Gasteiger partial charge >= 0.3 is 5.97 Å². The molecule has 106 valence electrons. The first kappa shape index (κ1) is 14.6. The van der Waals surface area contributed by atoms with E-state index in [1.807, 2.05) is 18.2 Å². The lowest BCUT2D eigenvalue weighted by atomic mass is 10.0. The summed E-state index contributed by atoms with van der Waals surface area (Å²) in [7, 11) is 0. The molecule has 0 amide bonds. The van der Waals surface area contributed by atoms with Crippen LogP contribution in [-0.2, 0) is 11.3 Å². The van der Waals surface area contributed by atoms with E-state index in [4.69, 9.17) is 17.3 Å². The van der Waals surface area contributed by atoms with Crippen LogP contribution in [0.1, 0.15) is 11.1 Å². The van der Waals surface area contributed by atoms with Crippen molar-refractivity contribution in [3.05, 3.63) is 48.7 Å². The van der Waals surface area contributed by atoms with Gasteiger partial charge in [-0.3, -0.25) is 0 Å². The highest BCUT2D eigenvalue weighted by atomic mass is 35.5. The van der Waals surface area contributed by atoms with Crippen LogP contribution in [0, 0.1) is 0 Å². The number of hydrogen-bond acceptors (Lipinski definition) is 3. The Kier molecular flexibility index (Phi) is 3.85. The molecule has 0 aliphatic rings. The van der Waals surface area contributed by atoms with Gasteiger partial charge < -0.3 is 20.5 Å². The smallest absolute Gasteiger partial charge is 0.329 e. The molecule has 20 heavy (non-hydrogen) atoms. The summed E-state index contributed by atoms with van der Waals surface area (Å²) in [5, 5.41) is 19.5. The Balaban J connectivity index is 2.55. The summed E-state index contributed by atoms with van der Waals surface area (Å²) in [5.74, 6) is -1.17. The molecule has 0 aliphatic carbocycles. The fraction of sp³-hybridized carbons (Fsp3) is 0.214. The molecule has 0 radical (unpaired) electrons. The third-order valence-corrected chi connectivity index (χ3v) is 3.51. The number of aliphatic hydroxyl groups excluding tert-OH is 1. The van der Waals surface area contributed by atoms with Crippen molar-refractivity contribution in [2.75, 3.05) is 0 Å². The van der Waals surface area contributed by atoms with Crippen molar-refractivity contribution in [3.63, 3.8) is 0 Å². The second kappa shape index (κ2) is 5.28. The molecular weight excluding hydrogens is 280 g/mol. The van der Waals surface area contributed by atoms with Gasteiger partial charge in [0.15, 0.2) is 11.1 Å². The third-order valence-electron chi connectivity index (χ3n) is 3.27. The van der Waals surface area contributed by atoms with Crippen molar-refractivity contribution in [1.82, 2.24) is 4.57 Å². The molecule has 6 heteroatoms. The number of alkyl halides is 1. The summed E-state index contributed by atoms with van der Waals surface area (Å²) in [4.78, 5) is 11.2. The average Bonchev–Trinajstić information content (AvgIpc) is 2.77. The fourth-order valence-corrected chi connectivity index (χ4v) is 2.27. The summed E-state index contributed by atoms with van der Waals surface area (Å²) in [6.07, 6.45) is 2.80. The molecule has 0 fully saturated rings. The van der Waals surface area contributed by atoms with Crippen molar-refractivity contribution in [3.8, 4) is 0 Å². The fourth-order valence-electron chi connectivity index (χ4n) is 2.10. The molecule has 0 saturated carbocycles. The Morgan fingerprint density at radius 3 is 2.75 bits per heavy atom. The van der Waals surface area contributed by atoms with E-state index in [0.717, 1.165) is 10.9 Å². The van der Waals surface area contributed by atoms with Crippen LogP contribution in [0.15, 0.2) is 43.1 Å². The first-order valence-electron chi connectivity index (χ1n) is 5.95. The van der Waals surface area contributed by atoms with Gasteiger partial charge in [0.2, 0.25) is 0 Å². The van der Waals surface area contributed by atoms with E-state index in [-0.39, 0.29) is 6.54 Å². The van der Waals surface area contributed by atoms with Crippen molar-refractivity contribution < 1.29 is 15.0 Å². The first-order valence-corrected chi connectivity index (χ1v) is 6.38. The van der Waals surface area contributed by atoms with E-state index in [9.17, 15) is 15.0 Å². The number of carbonyl (C=O) groups is 1. The van der Waals surface area contributed by atoms with Gasteiger partial charge in [0.05, 0.1) is 6.54 Å². The van der Waals surface area contributed by atoms with E-state index in [1.54, 1.807) is 16.8 Å². The van der Waals surface area contributed by atoms with Crippen molar-refractivity contribution in [2.24, 2.45) is 5.73 Å². The van der Waals surface area contributed by atoms with E-state index in [0.29, 0.717) is 5.56 Å². The monoisotopic (exact) mass is 294 g/mol. The minimum atomic E-state index is -1.59.